The molecular weight excluding hydrogens is 212 g/mol. The number of nitrogens with two attached hydrogens (primary N) is 1. The standard InChI is InChI=1S/C13H16N4/c14-12(15)11-10-7-3-4-8-17(10)13(16-11)9-5-1-2-6-9/h3-4,7-9H,1-2,5-6H2,(H3,14,15). The Kier molecular flexibility index (Phi) is 2.35. The normalized spacial score (nSPS) is 16.7. The molecule has 2 aromatic heterocycles. The summed E-state index contributed by atoms with van der Waals surface area (Å²) in [5.41, 5.74) is 7.16. The second-order valence-electron chi connectivity index (χ2n) is 4.67. The first-order valence-electron chi connectivity index (χ1n) is 6.09. The summed E-state index contributed by atoms with van der Waals surface area (Å²) < 4.78 is 2.09. The molecule has 4 nitrogen and oxygen atoms in total. The molecule has 0 atom stereocenters. The van der Waals surface area contributed by atoms with Crippen LogP contribution in [0, 0.1) is 5.41 Å². The van der Waals surface area contributed by atoms with Crippen LogP contribution < -0.4 is 5.73 Å². The van der Waals surface area contributed by atoms with Gasteiger partial charge in [0.1, 0.15) is 17.4 Å². The van der Waals surface area contributed by atoms with Gasteiger partial charge in [0.2, 0.25) is 0 Å². The smallest absolute Gasteiger partial charge is 0.144 e. The summed E-state index contributed by atoms with van der Waals surface area (Å²) in [4.78, 5) is 4.58. The van der Waals surface area contributed by atoms with Gasteiger partial charge in [0.15, 0.2) is 0 Å². The van der Waals surface area contributed by atoms with Crippen molar-refractivity contribution >= 4 is 11.4 Å². The molecule has 0 amide bonds. The van der Waals surface area contributed by atoms with Gasteiger partial charge in [0, 0.05) is 12.1 Å². The van der Waals surface area contributed by atoms with Crippen LogP contribution in [0.15, 0.2) is 24.4 Å². The van der Waals surface area contributed by atoms with E-state index in [0.29, 0.717) is 11.6 Å². The maximum Gasteiger partial charge on any atom is 0.144 e. The third-order valence-electron chi connectivity index (χ3n) is 3.55. The minimum absolute atomic E-state index is 0.0537. The number of hydrogen-bond donors (Lipinski definition) is 2. The molecule has 88 valence electrons. The number of rotatable bonds is 2. The summed E-state index contributed by atoms with van der Waals surface area (Å²) in [5.74, 6) is 1.65. The van der Waals surface area contributed by atoms with E-state index in [1.54, 1.807) is 0 Å². The highest BCUT2D eigenvalue weighted by Gasteiger charge is 2.23. The Hall–Kier alpha value is -1.84. The first-order chi connectivity index (χ1) is 8.27. The van der Waals surface area contributed by atoms with Gasteiger partial charge in [-0.3, -0.25) is 5.41 Å². The SMILES string of the molecule is N=C(N)c1nc(C2CCCC2)n2ccccc12. The van der Waals surface area contributed by atoms with Crippen LogP contribution in [0.5, 0.6) is 0 Å². The number of imidazole rings is 1. The second kappa shape index (κ2) is 3.87. The largest absolute Gasteiger partial charge is 0.382 e. The maximum absolute atomic E-state index is 7.60. The van der Waals surface area contributed by atoms with E-state index in [2.05, 4.69) is 9.38 Å². The minimum atomic E-state index is 0.0537. The van der Waals surface area contributed by atoms with Gasteiger partial charge < -0.3 is 10.1 Å². The Bertz CT molecular complexity index is 564. The van der Waals surface area contributed by atoms with Crippen LogP contribution in [0.4, 0.5) is 0 Å². The Morgan fingerprint density at radius 2 is 2.12 bits per heavy atom. The molecule has 1 fully saturated rings. The summed E-state index contributed by atoms with van der Waals surface area (Å²) in [7, 11) is 0. The molecule has 2 heterocycles. The number of amidine groups is 1. The van der Waals surface area contributed by atoms with Crippen molar-refractivity contribution in [1.29, 1.82) is 5.41 Å². The predicted octanol–water partition coefficient (Wildman–Crippen LogP) is 2.28. The number of aromatic nitrogens is 2. The highest BCUT2D eigenvalue weighted by molar-refractivity contribution is 5.99. The summed E-state index contributed by atoms with van der Waals surface area (Å²) >= 11 is 0. The van der Waals surface area contributed by atoms with Gasteiger partial charge in [0.05, 0.1) is 5.52 Å². The molecule has 0 spiro atoms. The van der Waals surface area contributed by atoms with Crippen molar-refractivity contribution in [3.05, 3.63) is 35.9 Å². The van der Waals surface area contributed by atoms with Crippen molar-refractivity contribution in [3.8, 4) is 0 Å². The van der Waals surface area contributed by atoms with E-state index in [4.69, 9.17) is 11.1 Å². The van der Waals surface area contributed by atoms with Crippen molar-refractivity contribution in [3.63, 3.8) is 0 Å². The maximum atomic E-state index is 7.60. The van der Waals surface area contributed by atoms with Crippen molar-refractivity contribution in [2.45, 2.75) is 31.6 Å². The van der Waals surface area contributed by atoms with Gasteiger partial charge in [-0.1, -0.05) is 18.9 Å². The number of nitrogens with one attached hydrogen (secondary N) is 1. The lowest BCUT2D eigenvalue weighted by molar-refractivity contribution is 0.664. The number of fused-ring (bicyclic) bond motifs is 1. The van der Waals surface area contributed by atoms with Gasteiger partial charge in [-0.15, -0.1) is 0 Å². The molecule has 0 aliphatic heterocycles. The highest BCUT2D eigenvalue weighted by atomic mass is 15.0. The van der Waals surface area contributed by atoms with E-state index in [1.165, 1.54) is 25.7 Å². The van der Waals surface area contributed by atoms with Gasteiger partial charge in [-0.25, -0.2) is 4.98 Å². The second-order valence-corrected chi connectivity index (χ2v) is 4.67. The first-order valence-corrected chi connectivity index (χ1v) is 6.09. The number of nitrogens with zero attached hydrogens (tertiary/aromatic N) is 2. The number of hydrogen-bond acceptors (Lipinski definition) is 2. The summed E-state index contributed by atoms with van der Waals surface area (Å²) in [6.45, 7) is 0. The average Bonchev–Trinajstić information content (AvgIpc) is 2.95. The zero-order valence-corrected chi connectivity index (χ0v) is 9.69. The van der Waals surface area contributed by atoms with Crippen LogP contribution in [-0.2, 0) is 0 Å². The fourth-order valence-corrected chi connectivity index (χ4v) is 2.73. The van der Waals surface area contributed by atoms with Gasteiger partial charge in [-0.2, -0.15) is 0 Å². The molecule has 1 aliphatic carbocycles. The zero-order valence-electron chi connectivity index (χ0n) is 9.69. The topological polar surface area (TPSA) is 67.2 Å². The molecule has 0 unspecified atom stereocenters. The average molecular weight is 228 g/mol. The van der Waals surface area contributed by atoms with E-state index in [9.17, 15) is 0 Å². The van der Waals surface area contributed by atoms with Crippen LogP contribution in [0.1, 0.15) is 43.1 Å². The molecule has 0 aromatic carbocycles. The fourth-order valence-electron chi connectivity index (χ4n) is 2.73. The summed E-state index contributed by atoms with van der Waals surface area (Å²) in [6.07, 6.45) is 6.97. The van der Waals surface area contributed by atoms with E-state index >= 15 is 0 Å². The van der Waals surface area contributed by atoms with Crippen molar-refractivity contribution < 1.29 is 0 Å². The molecule has 0 radical (unpaired) electrons. The molecule has 3 rings (SSSR count). The minimum Gasteiger partial charge on any atom is -0.382 e. The monoisotopic (exact) mass is 228 g/mol. The first kappa shape index (κ1) is 10.3. The molecule has 0 saturated heterocycles. The van der Waals surface area contributed by atoms with Crippen molar-refractivity contribution in [1.82, 2.24) is 9.38 Å². The predicted molar refractivity (Wildman–Crippen MR) is 67.4 cm³/mol. The van der Waals surface area contributed by atoms with E-state index < -0.39 is 0 Å². The third-order valence-corrected chi connectivity index (χ3v) is 3.55. The molecule has 2 aromatic rings. The van der Waals surface area contributed by atoms with Crippen LogP contribution in [-0.4, -0.2) is 15.2 Å². The molecule has 1 aliphatic rings. The quantitative estimate of drug-likeness (QED) is 0.611. The fraction of sp³-hybridized carbons (Fsp3) is 0.385. The van der Waals surface area contributed by atoms with Crippen LogP contribution in [0.3, 0.4) is 0 Å². The Balaban J connectivity index is 2.20. The lowest BCUT2D eigenvalue weighted by atomic mass is 10.1. The molecule has 1 saturated carbocycles. The molecule has 0 bridgehead atoms. The molecule has 3 N–H and O–H groups in total. The highest BCUT2D eigenvalue weighted by Crippen LogP contribution is 2.34. The van der Waals surface area contributed by atoms with E-state index in [0.717, 1.165) is 11.3 Å². The molecule has 17 heavy (non-hydrogen) atoms. The van der Waals surface area contributed by atoms with E-state index in [1.807, 2.05) is 24.4 Å². The Morgan fingerprint density at radius 1 is 1.35 bits per heavy atom. The number of nitrogen functional groups attached to an aromatic ring is 1. The third kappa shape index (κ3) is 1.60. The van der Waals surface area contributed by atoms with Crippen molar-refractivity contribution in [2.75, 3.05) is 0 Å². The molecule has 4 heteroatoms. The van der Waals surface area contributed by atoms with Gasteiger partial charge in [0.25, 0.3) is 0 Å². The Labute approximate surface area is 100.0 Å². The van der Waals surface area contributed by atoms with Gasteiger partial charge in [-0.05, 0) is 25.0 Å². The van der Waals surface area contributed by atoms with E-state index in [-0.39, 0.29) is 5.84 Å². The van der Waals surface area contributed by atoms with Crippen LogP contribution in [0.2, 0.25) is 0 Å². The summed E-state index contributed by atoms with van der Waals surface area (Å²) in [6, 6.07) is 5.93. The van der Waals surface area contributed by atoms with Crippen LogP contribution >= 0.6 is 0 Å². The molecular formula is C13H16N4. The Morgan fingerprint density at radius 3 is 2.82 bits per heavy atom. The lowest BCUT2D eigenvalue weighted by Crippen LogP contribution is -2.12. The van der Waals surface area contributed by atoms with Gasteiger partial charge >= 0.3 is 0 Å². The lowest BCUT2D eigenvalue weighted by Gasteiger charge is -2.06. The zero-order chi connectivity index (χ0) is 11.8. The number of pyridine rings is 1. The van der Waals surface area contributed by atoms with Crippen molar-refractivity contribution in [2.24, 2.45) is 5.73 Å². The summed E-state index contributed by atoms with van der Waals surface area (Å²) in [5, 5.41) is 7.60. The van der Waals surface area contributed by atoms with Crippen LogP contribution in [0.25, 0.3) is 5.52 Å².